The van der Waals surface area contributed by atoms with Gasteiger partial charge >= 0.3 is 6.09 Å². The van der Waals surface area contributed by atoms with E-state index in [0.717, 1.165) is 0 Å². The maximum absolute atomic E-state index is 12.8. The summed E-state index contributed by atoms with van der Waals surface area (Å²) >= 11 is 0. The number of carbonyl (C=O) groups is 1. The van der Waals surface area contributed by atoms with Gasteiger partial charge in [0.25, 0.3) is 8.32 Å². The van der Waals surface area contributed by atoms with Crippen molar-refractivity contribution in [3.8, 4) is 11.5 Å². The minimum Gasteiger partial charge on any atom is -0.542 e. The molecule has 0 aliphatic rings. The van der Waals surface area contributed by atoms with E-state index < -0.39 is 20.2 Å². The fourth-order valence-corrected chi connectivity index (χ4v) is 2.72. The number of anilines is 1. The van der Waals surface area contributed by atoms with Crippen LogP contribution in [-0.2, 0) is 0 Å². The van der Waals surface area contributed by atoms with Crippen LogP contribution >= 0.6 is 0 Å². The molecule has 25 heavy (non-hydrogen) atoms. The van der Waals surface area contributed by atoms with E-state index in [2.05, 4.69) is 44.2 Å². The third-order valence-electron chi connectivity index (χ3n) is 4.17. The smallest absolute Gasteiger partial charge is 0.418 e. The molecule has 0 unspecified atom stereocenters. The Balaban J connectivity index is 1.96. The van der Waals surface area contributed by atoms with Crippen LogP contribution in [0.5, 0.6) is 11.5 Å². The summed E-state index contributed by atoms with van der Waals surface area (Å²) in [6.07, 6.45) is 0.880. The fraction of sp³-hybridized carbons (Fsp3) is 0.333. The highest BCUT2D eigenvalue weighted by atomic mass is 28.4. The monoisotopic (exact) mass is 362 g/mol. The molecule has 2 rings (SSSR count). The molecule has 0 fully saturated rings. The summed E-state index contributed by atoms with van der Waals surface area (Å²) in [7, 11) is -1.93. The van der Waals surface area contributed by atoms with Crippen molar-refractivity contribution in [2.45, 2.75) is 38.9 Å². The number of ether oxygens (including phenoxy) is 1. The van der Waals surface area contributed by atoms with Gasteiger partial charge < -0.3 is 9.16 Å². The molecule has 134 valence electrons. The third-order valence-corrected chi connectivity index (χ3v) is 8.53. The standard InChI is InChI=1S/C18H23FN2O3Si/c1-18(2,3)25(4,5)24-15-10-11-16(20-12-15)21-17(22)23-14-8-6-13(19)7-9-14/h6-12H,1-5H3,(H,20,21,22). The molecule has 0 bridgehead atoms. The molecule has 1 heterocycles. The number of nitrogens with one attached hydrogen (secondary N) is 1. The van der Waals surface area contributed by atoms with E-state index in [-0.39, 0.29) is 10.8 Å². The molecule has 0 spiro atoms. The van der Waals surface area contributed by atoms with Crippen LogP contribution in [-0.4, -0.2) is 19.4 Å². The quantitative estimate of drug-likeness (QED) is 0.758. The average molecular weight is 362 g/mol. The average Bonchev–Trinajstić information content (AvgIpc) is 2.50. The van der Waals surface area contributed by atoms with Crippen LogP contribution in [0.4, 0.5) is 15.0 Å². The van der Waals surface area contributed by atoms with Gasteiger partial charge in [-0.05, 0) is 54.5 Å². The van der Waals surface area contributed by atoms with Gasteiger partial charge in [-0.15, -0.1) is 0 Å². The van der Waals surface area contributed by atoms with Gasteiger partial charge in [0, 0.05) is 0 Å². The lowest BCUT2D eigenvalue weighted by Gasteiger charge is -2.36. The second kappa shape index (κ2) is 7.22. The minimum absolute atomic E-state index is 0.0862. The first-order chi connectivity index (χ1) is 11.6. The first-order valence-electron chi connectivity index (χ1n) is 7.96. The largest absolute Gasteiger partial charge is 0.542 e. The molecule has 5 nitrogen and oxygen atoms in total. The Hall–Kier alpha value is -2.41. The molecule has 2 aromatic rings. The molecule has 0 aliphatic heterocycles. The number of halogens is 1. The van der Waals surface area contributed by atoms with Crippen LogP contribution in [0.3, 0.4) is 0 Å². The lowest BCUT2D eigenvalue weighted by atomic mass is 10.2. The lowest BCUT2D eigenvalue weighted by molar-refractivity contribution is 0.215. The molecule has 7 heteroatoms. The van der Waals surface area contributed by atoms with Gasteiger partial charge in [0.1, 0.15) is 23.1 Å². The van der Waals surface area contributed by atoms with Crippen molar-refractivity contribution in [3.63, 3.8) is 0 Å². The van der Waals surface area contributed by atoms with Crippen molar-refractivity contribution in [2.75, 3.05) is 5.32 Å². The van der Waals surface area contributed by atoms with Crippen molar-refractivity contribution in [1.29, 1.82) is 0 Å². The third kappa shape index (κ3) is 5.28. The van der Waals surface area contributed by atoms with Gasteiger partial charge in [0.05, 0.1) is 6.20 Å². The Morgan fingerprint density at radius 1 is 1.08 bits per heavy atom. The molecular weight excluding hydrogens is 339 g/mol. The number of rotatable bonds is 4. The van der Waals surface area contributed by atoms with Crippen LogP contribution in [0.1, 0.15) is 20.8 Å². The van der Waals surface area contributed by atoms with Crippen molar-refractivity contribution < 1.29 is 18.3 Å². The summed E-state index contributed by atoms with van der Waals surface area (Å²) in [5.41, 5.74) is 0. The van der Waals surface area contributed by atoms with Gasteiger partial charge in [-0.1, -0.05) is 20.8 Å². The topological polar surface area (TPSA) is 60.5 Å². The molecule has 1 N–H and O–H groups in total. The lowest BCUT2D eigenvalue weighted by Crippen LogP contribution is -2.43. The number of aromatic nitrogens is 1. The highest BCUT2D eigenvalue weighted by Crippen LogP contribution is 2.37. The summed E-state index contributed by atoms with van der Waals surface area (Å²) in [6.45, 7) is 10.8. The molecule has 0 radical (unpaired) electrons. The van der Waals surface area contributed by atoms with Gasteiger partial charge in [-0.2, -0.15) is 0 Å². The Morgan fingerprint density at radius 2 is 1.68 bits per heavy atom. The Morgan fingerprint density at radius 3 is 2.20 bits per heavy atom. The van der Waals surface area contributed by atoms with Gasteiger partial charge in [0.2, 0.25) is 0 Å². The number of amides is 1. The highest BCUT2D eigenvalue weighted by molar-refractivity contribution is 6.74. The zero-order valence-electron chi connectivity index (χ0n) is 15.1. The van der Waals surface area contributed by atoms with Gasteiger partial charge in [-0.25, -0.2) is 14.2 Å². The van der Waals surface area contributed by atoms with E-state index in [1.807, 2.05) is 0 Å². The van der Waals surface area contributed by atoms with Crippen LogP contribution in [0.15, 0.2) is 42.6 Å². The number of nitrogens with zero attached hydrogens (tertiary/aromatic N) is 1. The first kappa shape index (κ1) is 18.9. The van der Waals surface area contributed by atoms with Crippen molar-refractivity contribution in [3.05, 3.63) is 48.4 Å². The maximum Gasteiger partial charge on any atom is 0.418 e. The second-order valence-electron chi connectivity index (χ2n) is 7.21. The zero-order chi connectivity index (χ0) is 18.7. The summed E-state index contributed by atoms with van der Waals surface area (Å²) in [5.74, 6) is 0.863. The van der Waals surface area contributed by atoms with Crippen LogP contribution in [0.25, 0.3) is 0 Å². The van der Waals surface area contributed by atoms with E-state index in [1.165, 1.54) is 24.3 Å². The first-order valence-corrected chi connectivity index (χ1v) is 10.9. The second-order valence-corrected chi connectivity index (χ2v) is 11.9. The molecule has 1 aromatic heterocycles. The van der Waals surface area contributed by atoms with Crippen molar-refractivity contribution >= 4 is 20.2 Å². The molecule has 0 aliphatic carbocycles. The Bertz CT molecular complexity index is 725. The van der Waals surface area contributed by atoms with Crippen molar-refractivity contribution in [2.24, 2.45) is 0 Å². The predicted molar refractivity (Wildman–Crippen MR) is 98.1 cm³/mol. The summed E-state index contributed by atoms with van der Waals surface area (Å²) in [4.78, 5) is 16.0. The number of hydrogen-bond donors (Lipinski definition) is 1. The van der Waals surface area contributed by atoms with Crippen LogP contribution < -0.4 is 14.5 Å². The summed E-state index contributed by atoms with van der Waals surface area (Å²) < 4.78 is 24.0. The zero-order valence-corrected chi connectivity index (χ0v) is 16.1. The minimum atomic E-state index is -1.93. The molecule has 1 aromatic carbocycles. The number of hydrogen-bond acceptors (Lipinski definition) is 4. The van der Waals surface area contributed by atoms with Gasteiger partial charge in [-0.3, -0.25) is 5.32 Å². The molecule has 0 atom stereocenters. The molecule has 0 saturated heterocycles. The number of carbonyl (C=O) groups excluding carboxylic acids is 1. The van der Waals surface area contributed by atoms with Crippen LogP contribution in [0.2, 0.25) is 18.1 Å². The van der Waals surface area contributed by atoms with Crippen molar-refractivity contribution in [1.82, 2.24) is 4.98 Å². The Kier molecular flexibility index (Phi) is 5.47. The van der Waals surface area contributed by atoms with E-state index >= 15 is 0 Å². The number of benzene rings is 1. The fourth-order valence-electron chi connectivity index (χ4n) is 1.70. The summed E-state index contributed by atoms with van der Waals surface area (Å²) in [6, 6.07) is 8.59. The summed E-state index contributed by atoms with van der Waals surface area (Å²) in [5, 5.41) is 2.60. The maximum atomic E-state index is 12.8. The van der Waals surface area contributed by atoms with Crippen LogP contribution in [0, 0.1) is 5.82 Å². The highest BCUT2D eigenvalue weighted by Gasteiger charge is 2.39. The molecular formula is C18H23FN2O3Si. The normalized spacial score (nSPS) is 11.8. The number of pyridine rings is 1. The molecule has 1 amide bonds. The van der Waals surface area contributed by atoms with E-state index in [1.54, 1.807) is 18.3 Å². The van der Waals surface area contributed by atoms with E-state index in [9.17, 15) is 9.18 Å². The van der Waals surface area contributed by atoms with E-state index in [4.69, 9.17) is 9.16 Å². The predicted octanol–water partition coefficient (Wildman–Crippen LogP) is 5.22. The molecule has 0 saturated carbocycles. The van der Waals surface area contributed by atoms with E-state index in [0.29, 0.717) is 11.6 Å². The van der Waals surface area contributed by atoms with Gasteiger partial charge in [0.15, 0.2) is 0 Å². The Labute approximate surface area is 148 Å². The SMILES string of the molecule is CC(C)(C)[Si](C)(C)Oc1ccc(NC(=O)Oc2ccc(F)cc2)nc1.